The minimum atomic E-state index is -3.78. The molecule has 0 aliphatic carbocycles. The van der Waals surface area contributed by atoms with E-state index in [0.717, 1.165) is 59.7 Å². The maximum Gasteiger partial charge on any atom is 0.261 e. The summed E-state index contributed by atoms with van der Waals surface area (Å²) in [6.07, 6.45) is 3.56. The van der Waals surface area contributed by atoms with Gasteiger partial charge in [-0.25, -0.2) is 13.4 Å². The summed E-state index contributed by atoms with van der Waals surface area (Å²) in [5, 5.41) is 0.725. The highest BCUT2D eigenvalue weighted by atomic mass is 32.2. The van der Waals surface area contributed by atoms with Crippen molar-refractivity contribution in [3.05, 3.63) is 66.5 Å². The molecule has 0 saturated carbocycles. The molecular formula is C28H33N5O3S. The number of H-pyrrole nitrogens is 1. The molecule has 4 aromatic rings. The molecule has 2 aromatic heterocycles. The molecule has 1 aliphatic rings. The van der Waals surface area contributed by atoms with Crippen molar-refractivity contribution in [1.82, 2.24) is 14.9 Å². The fourth-order valence-corrected chi connectivity index (χ4v) is 6.04. The van der Waals surface area contributed by atoms with Gasteiger partial charge in [-0.1, -0.05) is 18.2 Å². The summed E-state index contributed by atoms with van der Waals surface area (Å²) >= 11 is 0. The van der Waals surface area contributed by atoms with Crippen LogP contribution in [0.3, 0.4) is 0 Å². The Labute approximate surface area is 218 Å². The molecule has 8 nitrogen and oxygen atoms in total. The average Bonchev–Trinajstić information content (AvgIpc) is 3.35. The fraction of sp³-hybridized carbons (Fsp3) is 0.321. The number of methoxy groups -OCH3 is 1. The van der Waals surface area contributed by atoms with Crippen LogP contribution in [-0.4, -0.2) is 62.6 Å². The van der Waals surface area contributed by atoms with Crippen LogP contribution in [0.15, 0.2) is 65.8 Å². The standard InChI is InChI=1S/C28H33N5O3S/c1-19(2)32-10-12-33(13-11-32)22-14-21(15-23(16-22)36-4)25-18-30-28-26(25)27(20(3)17-29-28)31-37(34,35)24-8-6-5-7-9-24/h5-9,14-19H,10-13H2,1-4H3,(H2,29,30,31). The Balaban J connectivity index is 1.57. The van der Waals surface area contributed by atoms with Crippen molar-refractivity contribution in [3.63, 3.8) is 0 Å². The van der Waals surface area contributed by atoms with Crippen LogP contribution < -0.4 is 14.4 Å². The molecule has 9 heteroatoms. The Morgan fingerprint density at radius 1 is 1.05 bits per heavy atom. The molecule has 0 atom stereocenters. The number of hydrogen-bond donors (Lipinski definition) is 2. The third-order valence-corrected chi connectivity index (χ3v) is 8.39. The van der Waals surface area contributed by atoms with Crippen LogP contribution in [-0.2, 0) is 10.0 Å². The van der Waals surface area contributed by atoms with Crippen LogP contribution in [0, 0.1) is 6.92 Å². The van der Waals surface area contributed by atoms with E-state index in [1.165, 1.54) is 0 Å². The topological polar surface area (TPSA) is 90.6 Å². The summed E-state index contributed by atoms with van der Waals surface area (Å²) in [7, 11) is -2.12. The number of piperazine rings is 1. The molecule has 194 valence electrons. The third-order valence-electron chi connectivity index (χ3n) is 7.03. The van der Waals surface area contributed by atoms with Crippen molar-refractivity contribution >= 4 is 32.4 Å². The van der Waals surface area contributed by atoms with Crippen LogP contribution in [0.2, 0.25) is 0 Å². The zero-order valence-electron chi connectivity index (χ0n) is 21.7. The van der Waals surface area contributed by atoms with Gasteiger partial charge in [0.05, 0.1) is 23.1 Å². The Morgan fingerprint density at radius 3 is 2.46 bits per heavy atom. The number of anilines is 2. The predicted octanol–water partition coefficient (Wildman–Crippen LogP) is 4.88. The Morgan fingerprint density at radius 2 is 1.78 bits per heavy atom. The van der Waals surface area contributed by atoms with Crippen molar-refractivity contribution in [2.75, 3.05) is 42.9 Å². The number of sulfonamides is 1. The molecule has 1 saturated heterocycles. The van der Waals surface area contributed by atoms with E-state index >= 15 is 0 Å². The first kappa shape index (κ1) is 25.1. The van der Waals surface area contributed by atoms with E-state index in [4.69, 9.17) is 4.74 Å². The largest absolute Gasteiger partial charge is 0.497 e. The summed E-state index contributed by atoms with van der Waals surface area (Å²) in [5.41, 5.74) is 4.73. The Hall–Kier alpha value is -3.56. The first-order valence-electron chi connectivity index (χ1n) is 12.5. The quantitative estimate of drug-likeness (QED) is 0.362. The van der Waals surface area contributed by atoms with Crippen LogP contribution in [0.5, 0.6) is 5.75 Å². The lowest BCUT2D eigenvalue weighted by molar-refractivity contribution is 0.209. The number of fused-ring (bicyclic) bond motifs is 1. The first-order valence-corrected chi connectivity index (χ1v) is 14.0. The van der Waals surface area contributed by atoms with E-state index in [1.54, 1.807) is 43.6 Å². The summed E-state index contributed by atoms with van der Waals surface area (Å²) in [4.78, 5) is 12.8. The van der Waals surface area contributed by atoms with E-state index < -0.39 is 10.0 Å². The molecular weight excluding hydrogens is 486 g/mol. The van der Waals surface area contributed by atoms with Gasteiger partial charge >= 0.3 is 0 Å². The second-order valence-electron chi connectivity index (χ2n) is 9.70. The molecule has 0 radical (unpaired) electrons. The number of ether oxygens (including phenoxy) is 1. The zero-order chi connectivity index (χ0) is 26.2. The van der Waals surface area contributed by atoms with Gasteiger partial charge in [0.2, 0.25) is 0 Å². The number of rotatable bonds is 7. The smallest absolute Gasteiger partial charge is 0.261 e. The Kier molecular flexibility index (Phi) is 6.83. The van der Waals surface area contributed by atoms with E-state index in [2.05, 4.69) is 50.5 Å². The number of nitrogens with zero attached hydrogens (tertiary/aromatic N) is 3. The molecule has 1 aliphatic heterocycles. The summed E-state index contributed by atoms with van der Waals surface area (Å²) in [5.74, 6) is 0.750. The number of aromatic amines is 1. The molecule has 2 N–H and O–H groups in total. The maximum absolute atomic E-state index is 13.2. The van der Waals surface area contributed by atoms with Gasteiger partial charge in [-0.2, -0.15) is 0 Å². The number of pyridine rings is 1. The van der Waals surface area contributed by atoms with Crippen molar-refractivity contribution in [2.24, 2.45) is 0 Å². The number of hydrogen-bond acceptors (Lipinski definition) is 6. The number of aryl methyl sites for hydroxylation is 1. The SMILES string of the molecule is COc1cc(-c2c[nH]c3ncc(C)c(NS(=O)(=O)c4ccccc4)c23)cc(N2CCN(C(C)C)CC2)c1. The van der Waals surface area contributed by atoms with Gasteiger partial charge in [0.25, 0.3) is 10.0 Å². The maximum atomic E-state index is 13.2. The molecule has 1 fully saturated rings. The molecule has 37 heavy (non-hydrogen) atoms. The lowest BCUT2D eigenvalue weighted by atomic mass is 10.0. The molecule has 5 rings (SSSR count). The normalized spacial score (nSPS) is 14.9. The van der Waals surface area contributed by atoms with Crippen molar-refractivity contribution < 1.29 is 13.2 Å². The summed E-state index contributed by atoms with van der Waals surface area (Å²) in [6, 6.07) is 15.1. The van der Waals surface area contributed by atoms with Gasteiger partial charge in [0, 0.05) is 61.9 Å². The number of aromatic nitrogens is 2. The second-order valence-corrected chi connectivity index (χ2v) is 11.4. The van der Waals surface area contributed by atoms with E-state index in [1.807, 2.05) is 19.2 Å². The predicted molar refractivity (Wildman–Crippen MR) is 149 cm³/mol. The number of nitrogens with one attached hydrogen (secondary N) is 2. The Bertz CT molecular complexity index is 1510. The first-order chi connectivity index (χ1) is 17.8. The van der Waals surface area contributed by atoms with Crippen molar-refractivity contribution in [1.29, 1.82) is 0 Å². The van der Waals surface area contributed by atoms with E-state index in [9.17, 15) is 8.42 Å². The van der Waals surface area contributed by atoms with Crippen LogP contribution in [0.4, 0.5) is 11.4 Å². The molecule has 0 spiro atoms. The zero-order valence-corrected chi connectivity index (χ0v) is 22.5. The summed E-state index contributed by atoms with van der Waals surface area (Å²) < 4.78 is 35.0. The van der Waals surface area contributed by atoms with Crippen molar-refractivity contribution in [2.45, 2.75) is 31.7 Å². The monoisotopic (exact) mass is 519 g/mol. The highest BCUT2D eigenvalue weighted by molar-refractivity contribution is 7.92. The van der Waals surface area contributed by atoms with E-state index in [-0.39, 0.29) is 4.90 Å². The van der Waals surface area contributed by atoms with Gasteiger partial charge in [0.15, 0.2) is 0 Å². The summed E-state index contributed by atoms with van der Waals surface area (Å²) in [6.45, 7) is 10.2. The minimum absolute atomic E-state index is 0.209. The van der Waals surface area contributed by atoms with Gasteiger partial charge in [-0.3, -0.25) is 9.62 Å². The van der Waals surface area contributed by atoms with E-state index in [0.29, 0.717) is 17.4 Å². The van der Waals surface area contributed by atoms with Gasteiger partial charge in [0.1, 0.15) is 11.4 Å². The molecule has 0 bridgehead atoms. The fourth-order valence-electron chi connectivity index (χ4n) is 4.88. The molecule has 0 amide bonds. The van der Waals surface area contributed by atoms with Gasteiger partial charge < -0.3 is 14.6 Å². The lowest BCUT2D eigenvalue weighted by Crippen LogP contribution is -2.48. The highest BCUT2D eigenvalue weighted by Gasteiger charge is 2.23. The second kappa shape index (κ2) is 10.1. The lowest BCUT2D eigenvalue weighted by Gasteiger charge is -2.38. The highest BCUT2D eigenvalue weighted by Crippen LogP contribution is 2.39. The average molecular weight is 520 g/mol. The van der Waals surface area contributed by atoms with Crippen LogP contribution in [0.1, 0.15) is 19.4 Å². The van der Waals surface area contributed by atoms with Crippen LogP contribution in [0.25, 0.3) is 22.2 Å². The molecule has 0 unspecified atom stereocenters. The van der Waals surface area contributed by atoms with Gasteiger partial charge in [-0.05, 0) is 56.2 Å². The van der Waals surface area contributed by atoms with Gasteiger partial charge in [-0.15, -0.1) is 0 Å². The van der Waals surface area contributed by atoms with Crippen molar-refractivity contribution in [3.8, 4) is 16.9 Å². The number of benzene rings is 2. The molecule has 2 aromatic carbocycles. The minimum Gasteiger partial charge on any atom is -0.497 e. The molecule has 3 heterocycles. The third kappa shape index (κ3) is 5.01. The van der Waals surface area contributed by atoms with Crippen LogP contribution >= 0.6 is 0 Å².